The maximum Gasteiger partial charge on any atom is 0.330 e. The van der Waals surface area contributed by atoms with Gasteiger partial charge in [0.1, 0.15) is 0 Å². The van der Waals surface area contributed by atoms with Gasteiger partial charge in [0.05, 0.1) is 19.4 Å². The molecule has 0 aliphatic rings. The molecule has 0 saturated heterocycles. The lowest BCUT2D eigenvalue weighted by Gasteiger charge is -2.35. The van der Waals surface area contributed by atoms with E-state index in [0.29, 0.717) is 37.9 Å². The molecule has 0 radical (unpaired) electrons. The SMILES string of the molecule is CCCOP(OCCCP(=O)(OC)OC)N(C(C)C)C(C)C. The molecule has 0 aromatic rings. The van der Waals surface area contributed by atoms with Gasteiger partial charge in [-0.3, -0.25) is 4.57 Å². The van der Waals surface area contributed by atoms with Gasteiger partial charge in [0.2, 0.25) is 0 Å². The van der Waals surface area contributed by atoms with Crippen LogP contribution in [0.4, 0.5) is 0 Å². The van der Waals surface area contributed by atoms with Crippen LogP contribution >= 0.6 is 16.1 Å². The minimum atomic E-state index is -2.95. The van der Waals surface area contributed by atoms with Gasteiger partial charge in [0.15, 0.2) is 0 Å². The lowest BCUT2D eigenvalue weighted by Crippen LogP contribution is -2.33. The molecule has 0 aliphatic carbocycles. The lowest BCUT2D eigenvalue weighted by atomic mass is 10.3. The zero-order chi connectivity index (χ0) is 17.2. The van der Waals surface area contributed by atoms with Gasteiger partial charge in [0, 0.05) is 26.3 Å². The van der Waals surface area contributed by atoms with E-state index < -0.39 is 16.1 Å². The number of hydrogen-bond acceptors (Lipinski definition) is 6. The van der Waals surface area contributed by atoms with Crippen molar-refractivity contribution in [1.29, 1.82) is 0 Å². The van der Waals surface area contributed by atoms with Gasteiger partial charge >= 0.3 is 7.60 Å². The van der Waals surface area contributed by atoms with E-state index in [4.69, 9.17) is 18.1 Å². The normalized spacial score (nSPS) is 14.3. The van der Waals surface area contributed by atoms with Crippen molar-refractivity contribution in [1.82, 2.24) is 4.67 Å². The van der Waals surface area contributed by atoms with E-state index in [1.165, 1.54) is 14.2 Å². The van der Waals surface area contributed by atoms with Crippen LogP contribution in [0.15, 0.2) is 0 Å². The van der Waals surface area contributed by atoms with E-state index in [1.807, 2.05) is 0 Å². The molecule has 0 aromatic heterocycles. The second-order valence-corrected chi connectivity index (χ2v) is 9.38. The first kappa shape index (κ1) is 22.5. The summed E-state index contributed by atoms with van der Waals surface area (Å²) in [7, 11) is -1.25. The van der Waals surface area contributed by atoms with Crippen molar-refractivity contribution >= 4 is 16.1 Å². The fourth-order valence-corrected chi connectivity index (χ4v) is 4.72. The lowest BCUT2D eigenvalue weighted by molar-refractivity contribution is 0.173. The first-order chi connectivity index (χ1) is 10.3. The van der Waals surface area contributed by atoms with Crippen LogP contribution in [0.5, 0.6) is 0 Å². The molecule has 0 spiro atoms. The van der Waals surface area contributed by atoms with Gasteiger partial charge in [-0.05, 0) is 40.5 Å². The highest BCUT2D eigenvalue weighted by atomic mass is 31.2. The highest BCUT2D eigenvalue weighted by Crippen LogP contribution is 2.48. The van der Waals surface area contributed by atoms with Gasteiger partial charge in [0.25, 0.3) is 8.53 Å². The van der Waals surface area contributed by atoms with Crippen molar-refractivity contribution in [2.75, 3.05) is 33.6 Å². The molecule has 0 bridgehead atoms. The number of hydrogen-bond donors (Lipinski definition) is 0. The third-order valence-corrected chi connectivity index (χ3v) is 7.07. The van der Waals surface area contributed by atoms with Crippen molar-refractivity contribution in [3.63, 3.8) is 0 Å². The van der Waals surface area contributed by atoms with Gasteiger partial charge in [-0.2, -0.15) is 0 Å². The Labute approximate surface area is 137 Å². The van der Waals surface area contributed by atoms with E-state index in [9.17, 15) is 4.57 Å². The van der Waals surface area contributed by atoms with E-state index in [2.05, 4.69) is 39.3 Å². The number of rotatable bonds is 13. The maximum atomic E-state index is 12.0. The van der Waals surface area contributed by atoms with Gasteiger partial charge in [-0.1, -0.05) is 6.92 Å². The minimum absolute atomic E-state index is 0.340. The fraction of sp³-hybridized carbons (Fsp3) is 1.00. The first-order valence-electron chi connectivity index (χ1n) is 7.86. The topological polar surface area (TPSA) is 57.2 Å². The van der Waals surface area contributed by atoms with Crippen LogP contribution in [0.2, 0.25) is 0 Å². The summed E-state index contributed by atoms with van der Waals surface area (Å²) >= 11 is 0. The van der Waals surface area contributed by atoms with Crippen LogP contribution in [0, 0.1) is 0 Å². The Balaban J connectivity index is 4.50. The van der Waals surface area contributed by atoms with Crippen LogP contribution in [-0.2, 0) is 22.7 Å². The van der Waals surface area contributed by atoms with Crippen molar-refractivity contribution in [3.05, 3.63) is 0 Å². The zero-order valence-corrected chi connectivity index (χ0v) is 16.9. The Morgan fingerprint density at radius 1 is 1.00 bits per heavy atom. The van der Waals surface area contributed by atoms with E-state index in [-0.39, 0.29) is 0 Å². The molecule has 0 N–H and O–H groups in total. The van der Waals surface area contributed by atoms with Gasteiger partial charge < -0.3 is 18.1 Å². The van der Waals surface area contributed by atoms with Crippen molar-refractivity contribution in [2.45, 2.75) is 59.5 Å². The molecular weight excluding hydrogens is 324 g/mol. The van der Waals surface area contributed by atoms with Crippen LogP contribution in [0.3, 0.4) is 0 Å². The molecule has 0 aliphatic heterocycles. The smallest absolute Gasteiger partial charge is 0.322 e. The number of nitrogens with zero attached hydrogens (tertiary/aromatic N) is 1. The third kappa shape index (κ3) is 8.35. The molecule has 1 atom stereocenters. The standard InChI is InChI=1S/C14H33NO5P2/c1-8-10-19-21(15(13(2)3)14(4)5)20-11-9-12-22(16,17-6)18-7/h13-14H,8-12H2,1-7H3. The Morgan fingerprint density at radius 2 is 1.50 bits per heavy atom. The highest BCUT2D eigenvalue weighted by molar-refractivity contribution is 7.53. The van der Waals surface area contributed by atoms with Crippen LogP contribution < -0.4 is 0 Å². The van der Waals surface area contributed by atoms with Gasteiger partial charge in [-0.25, -0.2) is 4.67 Å². The second kappa shape index (κ2) is 11.9. The Morgan fingerprint density at radius 3 is 1.91 bits per heavy atom. The molecule has 22 heavy (non-hydrogen) atoms. The summed E-state index contributed by atoms with van der Waals surface area (Å²) in [5, 5.41) is 0. The quantitative estimate of drug-likeness (QED) is 0.353. The van der Waals surface area contributed by atoms with Crippen molar-refractivity contribution in [3.8, 4) is 0 Å². The molecule has 1 unspecified atom stereocenters. The Bertz CT molecular complexity index is 312. The van der Waals surface area contributed by atoms with Crippen molar-refractivity contribution < 1.29 is 22.7 Å². The summed E-state index contributed by atoms with van der Waals surface area (Å²) < 4.78 is 35.9. The summed E-state index contributed by atoms with van der Waals surface area (Å²) in [6.07, 6.45) is 1.91. The van der Waals surface area contributed by atoms with Gasteiger partial charge in [-0.15, -0.1) is 0 Å². The van der Waals surface area contributed by atoms with E-state index >= 15 is 0 Å². The third-order valence-electron chi connectivity index (χ3n) is 2.99. The monoisotopic (exact) mass is 357 g/mol. The predicted molar refractivity (Wildman–Crippen MR) is 92.3 cm³/mol. The maximum absolute atomic E-state index is 12.0. The Hall–Kier alpha value is 0.460. The summed E-state index contributed by atoms with van der Waals surface area (Å²) in [4.78, 5) is 0. The summed E-state index contributed by atoms with van der Waals surface area (Å²) in [5.41, 5.74) is 0. The molecule has 0 heterocycles. The predicted octanol–water partition coefficient (Wildman–Crippen LogP) is 4.65. The fourth-order valence-electron chi connectivity index (χ4n) is 1.97. The van der Waals surface area contributed by atoms with E-state index in [1.54, 1.807) is 0 Å². The summed E-state index contributed by atoms with van der Waals surface area (Å²) in [5.74, 6) is 0. The minimum Gasteiger partial charge on any atom is -0.322 e. The Kier molecular flexibility index (Phi) is 12.2. The van der Waals surface area contributed by atoms with Crippen LogP contribution in [0.1, 0.15) is 47.5 Å². The average molecular weight is 357 g/mol. The largest absolute Gasteiger partial charge is 0.330 e. The molecule has 0 rings (SSSR count). The summed E-state index contributed by atoms with van der Waals surface area (Å²) in [6, 6.07) is 0.680. The molecule has 0 saturated carbocycles. The highest BCUT2D eigenvalue weighted by Gasteiger charge is 2.27. The zero-order valence-electron chi connectivity index (χ0n) is 15.1. The van der Waals surface area contributed by atoms with E-state index in [0.717, 1.165) is 6.42 Å². The molecule has 6 nitrogen and oxygen atoms in total. The van der Waals surface area contributed by atoms with Crippen LogP contribution in [-0.4, -0.2) is 50.3 Å². The molecule has 0 amide bonds. The van der Waals surface area contributed by atoms with Crippen molar-refractivity contribution in [2.24, 2.45) is 0 Å². The molecule has 134 valence electrons. The second-order valence-electron chi connectivity index (χ2n) is 5.53. The van der Waals surface area contributed by atoms with Crippen LogP contribution in [0.25, 0.3) is 0 Å². The molecule has 0 aromatic carbocycles. The molecule has 8 heteroatoms. The molecular formula is C14H33NO5P2. The first-order valence-corrected chi connectivity index (χ1v) is 10.7. The average Bonchev–Trinajstić information content (AvgIpc) is 2.47. The molecule has 0 fully saturated rings. The summed E-state index contributed by atoms with van der Waals surface area (Å²) in [6.45, 7) is 11.8.